The number of hydrogen-bond donors (Lipinski definition) is 2. The van der Waals surface area contributed by atoms with E-state index in [1.165, 1.54) is 39.2 Å². The Morgan fingerprint density at radius 1 is 1.41 bits per heavy atom. The maximum atomic E-state index is 11.6. The van der Waals surface area contributed by atoms with Crippen LogP contribution in [0.2, 0.25) is 0 Å². The molecule has 1 aliphatic rings. The number of ether oxygens (including phenoxy) is 1. The predicted octanol–water partition coefficient (Wildman–Crippen LogP) is 2.37. The van der Waals surface area contributed by atoms with Gasteiger partial charge in [-0.3, -0.25) is 4.99 Å². The third-order valence-electron chi connectivity index (χ3n) is 3.97. The van der Waals surface area contributed by atoms with Crippen LogP contribution in [0.1, 0.15) is 54.0 Å². The summed E-state index contributed by atoms with van der Waals surface area (Å²) < 4.78 is 10.3. The van der Waals surface area contributed by atoms with Gasteiger partial charge in [-0.05, 0) is 25.8 Å². The first-order chi connectivity index (χ1) is 10.6. The Hall–Kier alpha value is -1.98. The van der Waals surface area contributed by atoms with Gasteiger partial charge in [0.25, 0.3) is 0 Å². The molecule has 0 atom stereocenters. The van der Waals surface area contributed by atoms with E-state index in [-0.39, 0.29) is 5.97 Å². The first kappa shape index (κ1) is 16.4. The molecule has 0 unspecified atom stereocenters. The van der Waals surface area contributed by atoms with Crippen molar-refractivity contribution in [3.05, 3.63) is 23.2 Å². The van der Waals surface area contributed by atoms with E-state index in [1.807, 2.05) is 0 Å². The van der Waals surface area contributed by atoms with E-state index >= 15 is 0 Å². The highest BCUT2D eigenvalue weighted by atomic mass is 16.5. The first-order valence-electron chi connectivity index (χ1n) is 7.79. The van der Waals surface area contributed by atoms with Crippen LogP contribution in [0.4, 0.5) is 0 Å². The van der Waals surface area contributed by atoms with Gasteiger partial charge in [-0.1, -0.05) is 19.3 Å². The van der Waals surface area contributed by atoms with Crippen LogP contribution in [0.15, 0.2) is 15.5 Å². The molecule has 2 rings (SSSR count). The molecule has 2 N–H and O–H groups in total. The topological polar surface area (TPSA) is 75.9 Å². The molecule has 6 nitrogen and oxygen atoms in total. The summed E-state index contributed by atoms with van der Waals surface area (Å²) in [5, 5.41) is 6.66. The molecule has 0 aromatic carbocycles. The average Bonchev–Trinajstić information content (AvgIpc) is 2.92. The molecular weight excluding hydrogens is 282 g/mol. The molecule has 0 saturated heterocycles. The lowest BCUT2D eigenvalue weighted by atomic mass is 9.96. The summed E-state index contributed by atoms with van der Waals surface area (Å²) in [6.45, 7) is 2.23. The summed E-state index contributed by atoms with van der Waals surface area (Å²) in [7, 11) is 3.12. The lowest BCUT2D eigenvalue weighted by Gasteiger charge is -2.24. The summed E-state index contributed by atoms with van der Waals surface area (Å²) in [6, 6.07) is 2.20. The minimum Gasteiger partial charge on any atom is -0.465 e. The molecule has 0 aliphatic heterocycles. The van der Waals surface area contributed by atoms with Gasteiger partial charge < -0.3 is 19.8 Å². The second-order valence-electron chi connectivity index (χ2n) is 5.58. The molecule has 1 aromatic rings. The van der Waals surface area contributed by atoms with Crippen molar-refractivity contribution in [3.63, 3.8) is 0 Å². The molecule has 0 bridgehead atoms. The standard InChI is InChI=1S/C16H25N3O3/c1-11-14(15(20)21-3)9-13(22-11)10-18-16(17-2)19-12-7-5-4-6-8-12/h9,12H,4-8,10H2,1-3H3,(H2,17,18,19). The number of guanidine groups is 1. The van der Waals surface area contributed by atoms with E-state index in [9.17, 15) is 4.79 Å². The molecule has 0 spiro atoms. The Morgan fingerprint density at radius 3 is 2.77 bits per heavy atom. The summed E-state index contributed by atoms with van der Waals surface area (Å²) in [5.41, 5.74) is 0.467. The SMILES string of the molecule is CN=C(NCc1cc(C(=O)OC)c(C)o1)NC1CCCCC1. The van der Waals surface area contributed by atoms with Crippen LogP contribution >= 0.6 is 0 Å². The number of aliphatic imine (C=N–C) groups is 1. The van der Waals surface area contributed by atoms with E-state index in [0.717, 1.165) is 5.96 Å². The number of furan rings is 1. The highest BCUT2D eigenvalue weighted by Crippen LogP contribution is 2.17. The van der Waals surface area contributed by atoms with Crippen molar-refractivity contribution in [2.45, 2.75) is 51.6 Å². The Labute approximate surface area is 131 Å². The van der Waals surface area contributed by atoms with Crippen molar-refractivity contribution in [1.82, 2.24) is 10.6 Å². The van der Waals surface area contributed by atoms with Gasteiger partial charge in [0.2, 0.25) is 0 Å². The van der Waals surface area contributed by atoms with Gasteiger partial charge in [-0.2, -0.15) is 0 Å². The third-order valence-corrected chi connectivity index (χ3v) is 3.97. The van der Waals surface area contributed by atoms with Gasteiger partial charge in [0, 0.05) is 13.1 Å². The second kappa shape index (κ2) is 7.87. The van der Waals surface area contributed by atoms with Crippen LogP contribution in [0.5, 0.6) is 0 Å². The third kappa shape index (κ3) is 4.26. The average molecular weight is 307 g/mol. The van der Waals surface area contributed by atoms with Crippen LogP contribution in [0.25, 0.3) is 0 Å². The number of aryl methyl sites for hydroxylation is 1. The normalized spacial score (nSPS) is 16.4. The van der Waals surface area contributed by atoms with Gasteiger partial charge in [0.1, 0.15) is 17.1 Å². The predicted molar refractivity (Wildman–Crippen MR) is 85.0 cm³/mol. The Bertz CT molecular complexity index is 531. The summed E-state index contributed by atoms with van der Waals surface area (Å²) in [5.74, 6) is 1.64. The summed E-state index contributed by atoms with van der Waals surface area (Å²) in [4.78, 5) is 15.8. The zero-order valence-corrected chi connectivity index (χ0v) is 13.6. The van der Waals surface area contributed by atoms with Crippen LogP contribution in [-0.4, -0.2) is 32.1 Å². The molecule has 1 fully saturated rings. The van der Waals surface area contributed by atoms with Gasteiger partial charge in [-0.25, -0.2) is 4.79 Å². The van der Waals surface area contributed by atoms with Gasteiger partial charge in [0.05, 0.1) is 13.7 Å². The molecule has 1 aromatic heterocycles. The van der Waals surface area contributed by atoms with Crippen molar-refractivity contribution in [2.75, 3.05) is 14.2 Å². The van der Waals surface area contributed by atoms with Gasteiger partial charge >= 0.3 is 5.97 Å². The molecule has 1 saturated carbocycles. The highest BCUT2D eigenvalue weighted by molar-refractivity contribution is 5.90. The molecular formula is C16H25N3O3. The monoisotopic (exact) mass is 307 g/mol. The highest BCUT2D eigenvalue weighted by Gasteiger charge is 2.17. The van der Waals surface area contributed by atoms with Gasteiger partial charge in [-0.15, -0.1) is 0 Å². The van der Waals surface area contributed by atoms with E-state index in [4.69, 9.17) is 9.15 Å². The lowest BCUT2D eigenvalue weighted by Crippen LogP contribution is -2.43. The molecule has 1 aliphatic carbocycles. The number of hydrogen-bond acceptors (Lipinski definition) is 4. The number of rotatable bonds is 4. The summed E-state index contributed by atoms with van der Waals surface area (Å²) in [6.07, 6.45) is 6.25. The van der Waals surface area contributed by atoms with Crippen LogP contribution in [0, 0.1) is 6.92 Å². The number of nitrogens with zero attached hydrogens (tertiary/aromatic N) is 1. The Kier molecular flexibility index (Phi) is 5.86. The molecule has 1 heterocycles. The second-order valence-corrected chi connectivity index (χ2v) is 5.58. The zero-order valence-electron chi connectivity index (χ0n) is 13.6. The van der Waals surface area contributed by atoms with Crippen molar-refractivity contribution in [2.24, 2.45) is 4.99 Å². The minimum absolute atomic E-state index is 0.378. The lowest BCUT2D eigenvalue weighted by molar-refractivity contribution is 0.0599. The molecule has 0 radical (unpaired) electrons. The van der Waals surface area contributed by atoms with Crippen molar-refractivity contribution in [3.8, 4) is 0 Å². The van der Waals surface area contributed by atoms with E-state index in [2.05, 4.69) is 15.6 Å². The van der Waals surface area contributed by atoms with Crippen LogP contribution in [-0.2, 0) is 11.3 Å². The van der Waals surface area contributed by atoms with Crippen molar-refractivity contribution in [1.29, 1.82) is 0 Å². The smallest absolute Gasteiger partial charge is 0.341 e. The van der Waals surface area contributed by atoms with E-state index in [0.29, 0.717) is 29.7 Å². The van der Waals surface area contributed by atoms with Crippen molar-refractivity contribution >= 4 is 11.9 Å². The van der Waals surface area contributed by atoms with E-state index in [1.54, 1.807) is 20.0 Å². The van der Waals surface area contributed by atoms with Crippen LogP contribution in [0.3, 0.4) is 0 Å². The molecule has 122 valence electrons. The number of methoxy groups -OCH3 is 1. The largest absolute Gasteiger partial charge is 0.465 e. The Morgan fingerprint density at radius 2 is 2.14 bits per heavy atom. The zero-order chi connectivity index (χ0) is 15.9. The minimum atomic E-state index is -0.378. The fourth-order valence-corrected chi connectivity index (χ4v) is 2.75. The van der Waals surface area contributed by atoms with Gasteiger partial charge in [0.15, 0.2) is 5.96 Å². The summed E-state index contributed by atoms with van der Waals surface area (Å²) >= 11 is 0. The van der Waals surface area contributed by atoms with Crippen LogP contribution < -0.4 is 10.6 Å². The first-order valence-corrected chi connectivity index (χ1v) is 7.79. The number of carbonyl (C=O) groups is 1. The number of nitrogens with one attached hydrogen (secondary N) is 2. The quantitative estimate of drug-likeness (QED) is 0.507. The molecule has 0 amide bonds. The number of carbonyl (C=O) groups excluding carboxylic acids is 1. The maximum Gasteiger partial charge on any atom is 0.341 e. The fourth-order valence-electron chi connectivity index (χ4n) is 2.75. The number of esters is 1. The van der Waals surface area contributed by atoms with E-state index < -0.39 is 0 Å². The fraction of sp³-hybridized carbons (Fsp3) is 0.625. The molecule has 22 heavy (non-hydrogen) atoms. The Balaban J connectivity index is 1.89. The molecule has 6 heteroatoms. The van der Waals surface area contributed by atoms with Crippen molar-refractivity contribution < 1.29 is 13.9 Å². The maximum absolute atomic E-state index is 11.6.